The number of carboxylic acids is 1. The minimum atomic E-state index is -1.02. The van der Waals surface area contributed by atoms with Gasteiger partial charge in [-0.3, -0.25) is 9.59 Å². The van der Waals surface area contributed by atoms with Gasteiger partial charge in [0.15, 0.2) is 0 Å². The molecule has 0 aromatic carbocycles. The van der Waals surface area contributed by atoms with E-state index in [0.29, 0.717) is 0 Å². The number of alkyl carbamates (subject to hydrolysis) is 1. The predicted octanol–water partition coefficient (Wildman–Crippen LogP) is 2.54. The summed E-state index contributed by atoms with van der Waals surface area (Å²) in [6, 6.07) is -0.545. The summed E-state index contributed by atoms with van der Waals surface area (Å²) in [5.74, 6) is -1.31. The number of carboxylic acid groups (broad SMARTS) is 1. The van der Waals surface area contributed by atoms with Crippen LogP contribution in [0.1, 0.15) is 53.9 Å². The normalized spacial score (nSPS) is 16.0. The maximum Gasteiger partial charge on any atom is 0.410 e. The van der Waals surface area contributed by atoms with Gasteiger partial charge in [0.25, 0.3) is 0 Å². The molecule has 0 spiro atoms. The predicted molar refractivity (Wildman–Crippen MR) is 80.1 cm³/mol. The number of rotatable bonds is 9. The van der Waals surface area contributed by atoms with Crippen LogP contribution in [-0.4, -0.2) is 35.5 Å². The molecular formula is C15H27NO6. The monoisotopic (exact) mass is 317 g/mol. The first-order chi connectivity index (χ1) is 10.2. The zero-order valence-electron chi connectivity index (χ0n) is 13.9. The number of hydrogen-bond donors (Lipinski definition) is 2. The first-order valence-electron chi connectivity index (χ1n) is 7.53. The number of carbonyl (C=O) groups excluding carboxylic acids is 2. The van der Waals surface area contributed by atoms with Gasteiger partial charge in [0.2, 0.25) is 6.29 Å². The molecule has 2 N–H and O–H groups in total. The zero-order chi connectivity index (χ0) is 17.3. The third-order valence-electron chi connectivity index (χ3n) is 3.58. The van der Waals surface area contributed by atoms with Crippen LogP contribution in [-0.2, 0) is 19.1 Å². The molecule has 1 amide bonds. The van der Waals surface area contributed by atoms with Gasteiger partial charge in [0.1, 0.15) is 0 Å². The molecule has 7 nitrogen and oxygen atoms in total. The van der Waals surface area contributed by atoms with E-state index < -0.39 is 30.4 Å². The number of amides is 1. The van der Waals surface area contributed by atoms with Crippen molar-refractivity contribution < 1.29 is 29.0 Å². The van der Waals surface area contributed by atoms with Gasteiger partial charge >= 0.3 is 18.0 Å². The van der Waals surface area contributed by atoms with E-state index in [9.17, 15) is 14.4 Å². The number of carbonyl (C=O) groups is 3. The lowest BCUT2D eigenvalue weighted by Gasteiger charge is -2.28. The Balaban J connectivity index is 4.66. The summed E-state index contributed by atoms with van der Waals surface area (Å²) in [4.78, 5) is 33.5. The quantitative estimate of drug-likeness (QED) is 0.500. The molecule has 128 valence electrons. The zero-order valence-corrected chi connectivity index (χ0v) is 13.9. The molecule has 0 saturated heterocycles. The fourth-order valence-electron chi connectivity index (χ4n) is 2.27. The highest BCUT2D eigenvalue weighted by molar-refractivity contribution is 5.71. The van der Waals surface area contributed by atoms with E-state index in [1.54, 1.807) is 0 Å². The maximum atomic E-state index is 11.8. The van der Waals surface area contributed by atoms with Crippen LogP contribution in [0.5, 0.6) is 0 Å². The van der Waals surface area contributed by atoms with Crippen molar-refractivity contribution in [2.45, 2.75) is 66.2 Å². The van der Waals surface area contributed by atoms with Crippen molar-refractivity contribution in [3.05, 3.63) is 0 Å². The lowest BCUT2D eigenvalue weighted by Crippen LogP contribution is -2.44. The second-order valence-corrected chi connectivity index (χ2v) is 5.56. The average molecular weight is 317 g/mol. The van der Waals surface area contributed by atoms with Crippen LogP contribution in [0.4, 0.5) is 4.79 Å². The SMILES string of the molecule is CCC[C@@H](C)[C@@H](C)[C@H](CC(=O)O)NC(=O)O[C@H](C)OC(C)=O. The van der Waals surface area contributed by atoms with E-state index in [2.05, 4.69) is 12.2 Å². The van der Waals surface area contributed by atoms with E-state index in [1.165, 1.54) is 13.8 Å². The van der Waals surface area contributed by atoms with Gasteiger partial charge in [-0.2, -0.15) is 0 Å². The van der Waals surface area contributed by atoms with Crippen molar-refractivity contribution in [1.82, 2.24) is 5.32 Å². The van der Waals surface area contributed by atoms with Crippen LogP contribution in [0.25, 0.3) is 0 Å². The number of hydrogen-bond acceptors (Lipinski definition) is 5. The van der Waals surface area contributed by atoms with Gasteiger partial charge < -0.3 is 19.9 Å². The average Bonchev–Trinajstić information content (AvgIpc) is 2.35. The van der Waals surface area contributed by atoms with Crippen LogP contribution in [0, 0.1) is 11.8 Å². The minimum absolute atomic E-state index is 0.0207. The Hall–Kier alpha value is -1.79. The molecule has 0 aromatic heterocycles. The summed E-state index contributed by atoms with van der Waals surface area (Å²) in [6.07, 6.45) is -0.0782. The Morgan fingerprint density at radius 2 is 1.73 bits per heavy atom. The molecule has 7 heteroatoms. The lowest BCUT2D eigenvalue weighted by molar-refractivity contribution is -0.162. The standard InChI is InChI=1S/C15H27NO6/c1-6-7-9(2)10(3)13(8-14(18)19)16-15(20)22-12(5)21-11(4)17/h9-10,12-13H,6-8H2,1-5H3,(H,16,20)(H,18,19)/t9-,10-,12-,13+/m1/s1. The van der Waals surface area contributed by atoms with Crippen LogP contribution in [0.2, 0.25) is 0 Å². The van der Waals surface area contributed by atoms with Crippen molar-refractivity contribution in [3.63, 3.8) is 0 Å². The first kappa shape index (κ1) is 20.2. The van der Waals surface area contributed by atoms with Gasteiger partial charge in [-0.15, -0.1) is 0 Å². The highest BCUT2D eigenvalue weighted by Gasteiger charge is 2.27. The lowest BCUT2D eigenvalue weighted by atomic mass is 9.84. The molecule has 0 radical (unpaired) electrons. The Morgan fingerprint density at radius 3 is 2.18 bits per heavy atom. The Morgan fingerprint density at radius 1 is 1.14 bits per heavy atom. The smallest absolute Gasteiger partial charge is 0.410 e. The first-order valence-corrected chi connectivity index (χ1v) is 7.53. The summed E-state index contributed by atoms with van der Waals surface area (Å²) in [7, 11) is 0. The molecule has 0 bridgehead atoms. The summed E-state index contributed by atoms with van der Waals surface area (Å²) < 4.78 is 9.57. The highest BCUT2D eigenvalue weighted by Crippen LogP contribution is 2.22. The summed E-state index contributed by atoms with van der Waals surface area (Å²) >= 11 is 0. The molecule has 0 unspecified atom stereocenters. The second-order valence-electron chi connectivity index (χ2n) is 5.56. The van der Waals surface area contributed by atoms with E-state index in [-0.39, 0.29) is 18.3 Å². The topological polar surface area (TPSA) is 102 Å². The van der Waals surface area contributed by atoms with Crippen molar-refractivity contribution in [3.8, 4) is 0 Å². The second kappa shape index (κ2) is 10.0. The molecule has 0 fully saturated rings. The molecule has 0 heterocycles. The summed E-state index contributed by atoms with van der Waals surface area (Å²) in [5, 5.41) is 11.6. The Kier molecular flexibility index (Phi) is 9.21. The van der Waals surface area contributed by atoms with Crippen LogP contribution < -0.4 is 5.32 Å². The summed E-state index contributed by atoms with van der Waals surface area (Å²) in [6.45, 7) is 8.61. The molecule has 0 aromatic rings. The van der Waals surface area contributed by atoms with Gasteiger partial charge in [0.05, 0.1) is 6.42 Å². The van der Waals surface area contributed by atoms with E-state index in [4.69, 9.17) is 14.6 Å². The molecule has 0 saturated carbocycles. The molecule has 0 rings (SSSR count). The molecular weight excluding hydrogens is 290 g/mol. The van der Waals surface area contributed by atoms with Crippen molar-refractivity contribution in [2.24, 2.45) is 11.8 Å². The molecule has 22 heavy (non-hydrogen) atoms. The fraction of sp³-hybridized carbons (Fsp3) is 0.800. The highest BCUT2D eigenvalue weighted by atomic mass is 16.7. The van der Waals surface area contributed by atoms with Crippen molar-refractivity contribution in [1.29, 1.82) is 0 Å². The Labute approximate surface area is 131 Å². The third-order valence-corrected chi connectivity index (χ3v) is 3.58. The van der Waals surface area contributed by atoms with Gasteiger partial charge in [0, 0.05) is 19.9 Å². The molecule has 0 aliphatic heterocycles. The molecule has 0 aliphatic rings. The van der Waals surface area contributed by atoms with E-state index in [0.717, 1.165) is 12.8 Å². The van der Waals surface area contributed by atoms with E-state index >= 15 is 0 Å². The van der Waals surface area contributed by atoms with Crippen LogP contribution >= 0.6 is 0 Å². The molecule has 0 aliphatic carbocycles. The summed E-state index contributed by atoms with van der Waals surface area (Å²) in [5.41, 5.74) is 0. The fourth-order valence-corrected chi connectivity index (χ4v) is 2.27. The van der Waals surface area contributed by atoms with Gasteiger partial charge in [-0.05, 0) is 11.8 Å². The number of nitrogens with one attached hydrogen (secondary N) is 1. The van der Waals surface area contributed by atoms with Crippen molar-refractivity contribution >= 4 is 18.0 Å². The third kappa shape index (κ3) is 8.49. The van der Waals surface area contributed by atoms with Crippen LogP contribution in [0.3, 0.4) is 0 Å². The minimum Gasteiger partial charge on any atom is -0.481 e. The van der Waals surface area contributed by atoms with Gasteiger partial charge in [-0.1, -0.05) is 33.6 Å². The number of ether oxygens (including phenoxy) is 2. The molecule has 4 atom stereocenters. The maximum absolute atomic E-state index is 11.8. The largest absolute Gasteiger partial charge is 0.481 e. The number of aliphatic carboxylic acids is 1. The van der Waals surface area contributed by atoms with Crippen LogP contribution in [0.15, 0.2) is 0 Å². The van der Waals surface area contributed by atoms with Gasteiger partial charge in [-0.25, -0.2) is 4.79 Å². The Bertz CT molecular complexity index is 384. The van der Waals surface area contributed by atoms with E-state index in [1.807, 2.05) is 13.8 Å². The number of esters is 1. The van der Waals surface area contributed by atoms with Crippen molar-refractivity contribution in [2.75, 3.05) is 0 Å².